The Kier molecular flexibility index (Phi) is 7.37. The lowest BCUT2D eigenvalue weighted by Crippen LogP contribution is -2.37. The molecule has 0 aliphatic heterocycles. The third kappa shape index (κ3) is 5.31. The van der Waals surface area contributed by atoms with E-state index in [1.54, 1.807) is 61.8 Å². The number of hydrogen-bond donors (Lipinski definition) is 3. The maximum absolute atomic E-state index is 13.6. The predicted octanol–water partition coefficient (Wildman–Crippen LogP) is 4.29. The SMILES string of the molecule is CNC(C)C(=O)Nc1ccc(-c2cccc(C#N)c2)n(Cc2nc(C(=O)c3cc4cc(F)ccc4[nH]3)cs2)c1=O. The standard InChI is InChI=1S/C29H23FN6O3S/c1-16(32-2)28(38)35-22-8-9-25(18-5-3-4-17(10-18)13-31)36(29(22)39)14-26-34-24(15-40-26)27(37)23-12-19-11-20(30)6-7-21(19)33-23/h3-12,15-16,32-33H,14H2,1-2H3,(H,35,38). The van der Waals surface area contributed by atoms with Crippen molar-refractivity contribution < 1.29 is 14.0 Å². The highest BCUT2D eigenvalue weighted by Gasteiger charge is 2.19. The lowest BCUT2D eigenvalue weighted by Gasteiger charge is -2.16. The number of carbonyl (C=O) groups is 2. The molecule has 5 rings (SSSR count). The average Bonchev–Trinajstić information content (AvgIpc) is 3.61. The lowest BCUT2D eigenvalue weighted by molar-refractivity contribution is -0.117. The van der Waals surface area contributed by atoms with Crippen molar-refractivity contribution in [1.29, 1.82) is 5.26 Å². The minimum Gasteiger partial charge on any atom is -0.352 e. The van der Waals surface area contributed by atoms with Crippen LogP contribution in [0.1, 0.15) is 33.7 Å². The molecule has 5 aromatic rings. The number of aromatic amines is 1. The van der Waals surface area contributed by atoms with Crippen LogP contribution in [0.2, 0.25) is 0 Å². The summed E-state index contributed by atoms with van der Waals surface area (Å²) in [4.78, 5) is 46.7. The maximum atomic E-state index is 13.6. The zero-order valence-corrected chi connectivity index (χ0v) is 22.3. The zero-order chi connectivity index (χ0) is 28.4. The van der Waals surface area contributed by atoms with Crippen LogP contribution in [0.25, 0.3) is 22.2 Å². The van der Waals surface area contributed by atoms with Gasteiger partial charge in [-0.05, 0) is 68.1 Å². The molecule has 1 atom stereocenters. The molecule has 0 spiro atoms. The second kappa shape index (κ2) is 11.1. The van der Waals surface area contributed by atoms with Crippen molar-refractivity contribution in [2.75, 3.05) is 12.4 Å². The molecule has 200 valence electrons. The molecule has 40 heavy (non-hydrogen) atoms. The Morgan fingerprint density at radius 3 is 2.77 bits per heavy atom. The minimum absolute atomic E-state index is 0.0199. The van der Waals surface area contributed by atoms with Gasteiger partial charge in [0.2, 0.25) is 11.7 Å². The predicted molar refractivity (Wildman–Crippen MR) is 151 cm³/mol. The number of aromatic nitrogens is 3. The fourth-order valence-corrected chi connectivity index (χ4v) is 4.95. The second-order valence-corrected chi connectivity index (χ2v) is 10.0. The summed E-state index contributed by atoms with van der Waals surface area (Å²) < 4.78 is 15.0. The van der Waals surface area contributed by atoms with Gasteiger partial charge in [0.1, 0.15) is 22.2 Å². The van der Waals surface area contributed by atoms with Crippen LogP contribution in [0.4, 0.5) is 10.1 Å². The van der Waals surface area contributed by atoms with Crippen molar-refractivity contribution in [3.8, 4) is 17.3 Å². The van der Waals surface area contributed by atoms with Gasteiger partial charge >= 0.3 is 0 Å². The van der Waals surface area contributed by atoms with Gasteiger partial charge in [-0.3, -0.25) is 19.0 Å². The number of thiazole rings is 1. The maximum Gasteiger partial charge on any atom is 0.275 e. The van der Waals surface area contributed by atoms with Crippen LogP contribution < -0.4 is 16.2 Å². The topological polar surface area (TPSA) is 133 Å². The van der Waals surface area contributed by atoms with E-state index >= 15 is 0 Å². The normalized spacial score (nSPS) is 11.8. The highest BCUT2D eigenvalue weighted by atomic mass is 32.1. The van der Waals surface area contributed by atoms with Crippen molar-refractivity contribution in [3.05, 3.63) is 104 Å². The fraction of sp³-hybridized carbons (Fsp3) is 0.138. The lowest BCUT2D eigenvalue weighted by atomic mass is 10.1. The van der Waals surface area contributed by atoms with E-state index in [9.17, 15) is 24.0 Å². The van der Waals surface area contributed by atoms with Crippen LogP contribution in [-0.4, -0.2) is 39.3 Å². The summed E-state index contributed by atoms with van der Waals surface area (Å²) >= 11 is 1.21. The van der Waals surface area contributed by atoms with E-state index in [0.29, 0.717) is 32.7 Å². The van der Waals surface area contributed by atoms with E-state index < -0.39 is 17.4 Å². The number of likely N-dealkylation sites (N-methyl/N-ethyl adjacent to an activating group) is 1. The molecule has 3 heterocycles. The van der Waals surface area contributed by atoms with Gasteiger partial charge in [-0.2, -0.15) is 5.26 Å². The number of fused-ring (bicyclic) bond motifs is 1. The summed E-state index contributed by atoms with van der Waals surface area (Å²) in [5.41, 5.74) is 2.29. The molecule has 0 saturated heterocycles. The van der Waals surface area contributed by atoms with Crippen molar-refractivity contribution >= 4 is 39.6 Å². The monoisotopic (exact) mass is 554 g/mol. The van der Waals surface area contributed by atoms with Gasteiger partial charge in [0.05, 0.1) is 35.6 Å². The molecule has 3 N–H and O–H groups in total. The Bertz CT molecular complexity index is 1870. The summed E-state index contributed by atoms with van der Waals surface area (Å²) in [5.74, 6) is -1.14. The Morgan fingerprint density at radius 2 is 2.00 bits per heavy atom. The fourth-order valence-electron chi connectivity index (χ4n) is 4.19. The van der Waals surface area contributed by atoms with Crippen LogP contribution in [0.3, 0.4) is 0 Å². The van der Waals surface area contributed by atoms with Crippen LogP contribution >= 0.6 is 11.3 Å². The van der Waals surface area contributed by atoms with Gasteiger partial charge in [0.25, 0.3) is 5.56 Å². The van der Waals surface area contributed by atoms with Gasteiger partial charge in [0.15, 0.2) is 0 Å². The second-order valence-electron chi connectivity index (χ2n) is 9.09. The number of halogens is 1. The molecular weight excluding hydrogens is 531 g/mol. The molecule has 2 aromatic carbocycles. The van der Waals surface area contributed by atoms with Crippen LogP contribution in [0.15, 0.2) is 70.8 Å². The zero-order valence-electron chi connectivity index (χ0n) is 21.5. The molecule has 0 aliphatic rings. The number of ketones is 1. The first-order valence-corrected chi connectivity index (χ1v) is 13.1. The number of H-pyrrole nitrogens is 1. The highest BCUT2D eigenvalue weighted by Crippen LogP contribution is 2.24. The molecule has 11 heteroatoms. The van der Waals surface area contributed by atoms with E-state index in [0.717, 1.165) is 0 Å². The molecule has 0 bridgehead atoms. The van der Waals surface area contributed by atoms with Crippen LogP contribution in [-0.2, 0) is 11.3 Å². The number of hydrogen-bond acceptors (Lipinski definition) is 7. The minimum atomic E-state index is -0.520. The van der Waals surface area contributed by atoms with Crippen LogP contribution in [0, 0.1) is 17.1 Å². The number of benzene rings is 2. The van der Waals surface area contributed by atoms with E-state index in [-0.39, 0.29) is 35.3 Å². The summed E-state index contributed by atoms with van der Waals surface area (Å²) in [6.45, 7) is 1.69. The average molecular weight is 555 g/mol. The number of nitriles is 1. The van der Waals surface area contributed by atoms with Crippen molar-refractivity contribution in [3.63, 3.8) is 0 Å². The van der Waals surface area contributed by atoms with Crippen molar-refractivity contribution in [2.24, 2.45) is 0 Å². The Hall–Kier alpha value is -4.92. The number of anilines is 1. The van der Waals surface area contributed by atoms with E-state index in [2.05, 4.69) is 26.7 Å². The molecule has 0 radical (unpaired) electrons. The van der Waals surface area contributed by atoms with E-state index in [1.165, 1.54) is 34.1 Å². The molecule has 1 amide bonds. The van der Waals surface area contributed by atoms with E-state index in [1.807, 2.05) is 0 Å². The molecule has 3 aromatic heterocycles. The van der Waals surface area contributed by atoms with Gasteiger partial charge in [-0.25, -0.2) is 9.37 Å². The quantitative estimate of drug-likeness (QED) is 0.245. The van der Waals surface area contributed by atoms with Crippen molar-refractivity contribution in [1.82, 2.24) is 19.9 Å². The van der Waals surface area contributed by atoms with Gasteiger partial charge in [-0.15, -0.1) is 11.3 Å². The summed E-state index contributed by atoms with van der Waals surface area (Å²) in [7, 11) is 1.64. The Morgan fingerprint density at radius 1 is 1.18 bits per heavy atom. The number of amides is 1. The highest BCUT2D eigenvalue weighted by molar-refractivity contribution is 7.09. The third-order valence-electron chi connectivity index (χ3n) is 6.45. The first-order chi connectivity index (χ1) is 19.3. The van der Waals surface area contributed by atoms with Gasteiger partial charge in [0, 0.05) is 16.3 Å². The summed E-state index contributed by atoms with van der Waals surface area (Å²) in [5, 5.41) is 17.5. The van der Waals surface area contributed by atoms with Gasteiger partial charge in [-0.1, -0.05) is 12.1 Å². The molecule has 9 nitrogen and oxygen atoms in total. The Labute approximate surface area is 231 Å². The first kappa shape index (κ1) is 26.7. The molecule has 0 aliphatic carbocycles. The molecular formula is C29H23FN6O3S. The summed E-state index contributed by atoms with van der Waals surface area (Å²) in [6.07, 6.45) is 0. The number of nitrogens with one attached hydrogen (secondary N) is 3. The largest absolute Gasteiger partial charge is 0.352 e. The number of rotatable bonds is 8. The number of nitrogens with zero attached hydrogens (tertiary/aromatic N) is 3. The Balaban J connectivity index is 1.51. The molecule has 0 saturated carbocycles. The first-order valence-electron chi connectivity index (χ1n) is 12.3. The van der Waals surface area contributed by atoms with E-state index in [4.69, 9.17) is 0 Å². The molecule has 0 fully saturated rings. The summed E-state index contributed by atoms with van der Waals surface area (Å²) in [6, 6.07) is 17.4. The van der Waals surface area contributed by atoms with Crippen LogP contribution in [0.5, 0.6) is 0 Å². The molecule has 1 unspecified atom stereocenters. The number of carbonyl (C=O) groups excluding carboxylic acids is 2. The third-order valence-corrected chi connectivity index (χ3v) is 7.28. The van der Waals surface area contributed by atoms with Gasteiger partial charge < -0.3 is 15.6 Å². The number of pyridine rings is 1. The smallest absolute Gasteiger partial charge is 0.275 e. The van der Waals surface area contributed by atoms with Crippen molar-refractivity contribution in [2.45, 2.75) is 19.5 Å².